The predicted molar refractivity (Wildman–Crippen MR) is 106 cm³/mol. The van der Waals surface area contributed by atoms with Crippen molar-refractivity contribution < 1.29 is 13.9 Å². The van der Waals surface area contributed by atoms with Gasteiger partial charge in [0.2, 0.25) is 5.89 Å². The Morgan fingerprint density at radius 1 is 1.10 bits per heavy atom. The minimum atomic E-state index is -0.279. The fourth-order valence-electron chi connectivity index (χ4n) is 2.67. The first-order valence-electron chi connectivity index (χ1n) is 9.17. The summed E-state index contributed by atoms with van der Waals surface area (Å²) in [6.45, 7) is 2.79. The number of nitrogens with one attached hydrogen (secondary N) is 1. The minimum absolute atomic E-state index is 0.123. The van der Waals surface area contributed by atoms with Gasteiger partial charge in [-0.15, -0.1) is 10.2 Å². The van der Waals surface area contributed by atoms with Crippen LogP contribution >= 0.6 is 0 Å². The minimum Gasteiger partial charge on any atom is -0.484 e. The molecular weight excluding hydrogens is 370 g/mol. The number of carbonyl (C=O) groups is 1. The van der Waals surface area contributed by atoms with E-state index in [2.05, 4.69) is 20.6 Å². The summed E-state index contributed by atoms with van der Waals surface area (Å²) < 4.78 is 13.0. The Balaban J connectivity index is 1.38. The molecule has 0 saturated carbocycles. The van der Waals surface area contributed by atoms with Gasteiger partial charge in [0.05, 0.1) is 0 Å². The van der Waals surface area contributed by atoms with Gasteiger partial charge in [0.15, 0.2) is 12.3 Å². The van der Waals surface area contributed by atoms with Crippen LogP contribution < -0.4 is 10.1 Å². The average molecular weight is 389 g/mol. The van der Waals surface area contributed by atoms with Crippen molar-refractivity contribution in [2.24, 2.45) is 0 Å². The fourth-order valence-corrected chi connectivity index (χ4v) is 2.67. The van der Waals surface area contributed by atoms with Crippen LogP contribution in [0.25, 0.3) is 11.5 Å². The first-order chi connectivity index (χ1) is 14.2. The first kappa shape index (κ1) is 18.4. The van der Waals surface area contributed by atoms with Gasteiger partial charge in [-0.3, -0.25) is 9.48 Å². The van der Waals surface area contributed by atoms with Crippen molar-refractivity contribution in [1.29, 1.82) is 0 Å². The van der Waals surface area contributed by atoms with Gasteiger partial charge in [0.25, 0.3) is 11.8 Å². The summed E-state index contributed by atoms with van der Waals surface area (Å²) in [5.74, 6) is 1.10. The molecule has 8 nitrogen and oxygen atoms in total. The zero-order valence-electron chi connectivity index (χ0n) is 15.8. The molecular formula is C21H19N5O3. The van der Waals surface area contributed by atoms with Crippen molar-refractivity contribution in [3.05, 3.63) is 78.4 Å². The van der Waals surface area contributed by atoms with Crippen LogP contribution in [0.15, 0.2) is 71.3 Å². The number of benzene rings is 2. The van der Waals surface area contributed by atoms with Crippen molar-refractivity contribution in [2.45, 2.75) is 20.1 Å². The van der Waals surface area contributed by atoms with Gasteiger partial charge >= 0.3 is 0 Å². The highest BCUT2D eigenvalue weighted by Crippen LogP contribution is 2.21. The Labute approximate surface area is 167 Å². The van der Waals surface area contributed by atoms with Gasteiger partial charge in [-0.1, -0.05) is 24.3 Å². The zero-order valence-corrected chi connectivity index (χ0v) is 15.8. The first-order valence-corrected chi connectivity index (χ1v) is 9.17. The van der Waals surface area contributed by atoms with Crippen LogP contribution in [-0.4, -0.2) is 25.9 Å². The molecule has 0 aliphatic heterocycles. The summed E-state index contributed by atoms with van der Waals surface area (Å²) in [4.78, 5) is 12.3. The lowest BCUT2D eigenvalue weighted by atomic mass is 10.2. The maximum absolute atomic E-state index is 12.3. The third-order valence-electron chi connectivity index (χ3n) is 4.14. The molecule has 4 aromatic rings. The predicted octanol–water partition coefficient (Wildman–Crippen LogP) is 3.78. The van der Waals surface area contributed by atoms with Crippen LogP contribution in [0.1, 0.15) is 23.3 Å². The highest BCUT2D eigenvalue weighted by atomic mass is 16.5. The van der Waals surface area contributed by atoms with E-state index in [4.69, 9.17) is 9.15 Å². The van der Waals surface area contributed by atoms with E-state index in [1.54, 1.807) is 41.2 Å². The van der Waals surface area contributed by atoms with Crippen LogP contribution in [0.3, 0.4) is 0 Å². The van der Waals surface area contributed by atoms with E-state index < -0.39 is 0 Å². The number of amides is 1. The fraction of sp³-hybridized carbons (Fsp3) is 0.143. The SMILES string of the molecule is CCn1ccc(C(=O)Nc2cccc(OCc3nnc(-c4ccccc4)o3)c2)n1. The van der Waals surface area contributed by atoms with E-state index in [1.807, 2.05) is 37.3 Å². The monoisotopic (exact) mass is 389 g/mol. The highest BCUT2D eigenvalue weighted by molar-refractivity contribution is 6.02. The summed E-state index contributed by atoms with van der Waals surface area (Å²) in [5.41, 5.74) is 1.81. The summed E-state index contributed by atoms with van der Waals surface area (Å²) in [5, 5.41) is 15.1. The molecule has 0 bridgehead atoms. The van der Waals surface area contributed by atoms with Crippen LogP contribution in [0.5, 0.6) is 5.75 Å². The van der Waals surface area contributed by atoms with Gasteiger partial charge in [-0.2, -0.15) is 5.10 Å². The normalized spacial score (nSPS) is 10.7. The molecule has 4 rings (SSSR count). The Bertz CT molecular complexity index is 1100. The van der Waals surface area contributed by atoms with Crippen LogP contribution in [0.2, 0.25) is 0 Å². The highest BCUT2D eigenvalue weighted by Gasteiger charge is 2.11. The van der Waals surface area contributed by atoms with Gasteiger partial charge in [-0.25, -0.2) is 0 Å². The lowest BCUT2D eigenvalue weighted by Gasteiger charge is -2.07. The second-order valence-corrected chi connectivity index (χ2v) is 6.19. The van der Waals surface area contributed by atoms with Crippen molar-refractivity contribution in [3.63, 3.8) is 0 Å². The quantitative estimate of drug-likeness (QED) is 0.517. The van der Waals surface area contributed by atoms with Crippen molar-refractivity contribution in [1.82, 2.24) is 20.0 Å². The van der Waals surface area contributed by atoms with E-state index in [0.717, 1.165) is 5.56 Å². The Kier molecular flexibility index (Phi) is 5.33. The molecule has 0 saturated heterocycles. The zero-order chi connectivity index (χ0) is 20.1. The number of aryl methyl sites for hydroxylation is 1. The average Bonchev–Trinajstić information content (AvgIpc) is 3.43. The maximum Gasteiger partial charge on any atom is 0.276 e. The van der Waals surface area contributed by atoms with E-state index in [0.29, 0.717) is 35.5 Å². The molecule has 1 amide bonds. The molecule has 8 heteroatoms. The number of aromatic nitrogens is 4. The van der Waals surface area contributed by atoms with E-state index in [-0.39, 0.29) is 12.5 Å². The Morgan fingerprint density at radius 2 is 1.97 bits per heavy atom. The molecule has 2 heterocycles. The summed E-state index contributed by atoms with van der Waals surface area (Å²) in [6, 6.07) is 18.3. The van der Waals surface area contributed by atoms with E-state index in [1.165, 1.54) is 0 Å². The van der Waals surface area contributed by atoms with Gasteiger partial charge in [0, 0.05) is 30.1 Å². The molecule has 0 aliphatic carbocycles. The van der Waals surface area contributed by atoms with Crippen molar-refractivity contribution in [3.8, 4) is 17.2 Å². The molecule has 2 aromatic carbocycles. The molecule has 0 spiro atoms. The molecule has 2 aromatic heterocycles. The topological polar surface area (TPSA) is 95.1 Å². The van der Waals surface area contributed by atoms with Crippen molar-refractivity contribution >= 4 is 11.6 Å². The molecule has 0 unspecified atom stereocenters. The molecule has 29 heavy (non-hydrogen) atoms. The number of hydrogen-bond donors (Lipinski definition) is 1. The third-order valence-corrected chi connectivity index (χ3v) is 4.14. The smallest absolute Gasteiger partial charge is 0.276 e. The second kappa shape index (κ2) is 8.39. The second-order valence-electron chi connectivity index (χ2n) is 6.19. The van der Waals surface area contributed by atoms with Crippen LogP contribution in [0, 0.1) is 0 Å². The molecule has 146 valence electrons. The van der Waals surface area contributed by atoms with Gasteiger partial charge in [0.1, 0.15) is 5.75 Å². The lowest BCUT2D eigenvalue weighted by Crippen LogP contribution is -2.13. The molecule has 0 atom stereocenters. The largest absolute Gasteiger partial charge is 0.484 e. The number of hydrogen-bond acceptors (Lipinski definition) is 6. The molecule has 0 aliphatic rings. The third kappa shape index (κ3) is 4.49. The number of carbonyl (C=O) groups excluding carboxylic acids is 1. The maximum atomic E-state index is 12.3. The van der Waals surface area contributed by atoms with Gasteiger partial charge < -0.3 is 14.5 Å². The van der Waals surface area contributed by atoms with Crippen LogP contribution in [-0.2, 0) is 13.2 Å². The number of nitrogens with zero attached hydrogens (tertiary/aromatic N) is 4. The van der Waals surface area contributed by atoms with E-state index in [9.17, 15) is 4.79 Å². The van der Waals surface area contributed by atoms with Gasteiger partial charge in [-0.05, 0) is 37.3 Å². The van der Waals surface area contributed by atoms with E-state index >= 15 is 0 Å². The Hall–Kier alpha value is -3.94. The Morgan fingerprint density at radius 3 is 2.76 bits per heavy atom. The van der Waals surface area contributed by atoms with Crippen molar-refractivity contribution in [2.75, 3.05) is 5.32 Å². The standard InChI is InChI=1S/C21H19N5O3/c1-2-26-12-11-18(25-26)20(27)22-16-9-6-10-17(13-16)28-14-19-23-24-21(29-19)15-7-4-3-5-8-15/h3-13H,2,14H2,1H3,(H,22,27). The molecule has 1 N–H and O–H groups in total. The number of ether oxygens (including phenoxy) is 1. The van der Waals surface area contributed by atoms with Crippen LogP contribution in [0.4, 0.5) is 5.69 Å². The summed E-state index contributed by atoms with van der Waals surface area (Å²) in [6.07, 6.45) is 1.77. The molecule has 0 radical (unpaired) electrons. The lowest BCUT2D eigenvalue weighted by molar-refractivity contribution is 0.102. The summed E-state index contributed by atoms with van der Waals surface area (Å²) in [7, 11) is 0. The number of rotatable bonds is 7. The molecule has 0 fully saturated rings. The summed E-state index contributed by atoms with van der Waals surface area (Å²) >= 11 is 0. The number of anilines is 1.